The number of benzene rings is 1. The molecule has 0 saturated heterocycles. The van der Waals surface area contributed by atoms with Gasteiger partial charge in [0.1, 0.15) is 5.70 Å². The molecule has 118 valence electrons. The van der Waals surface area contributed by atoms with Gasteiger partial charge >= 0.3 is 11.9 Å². The van der Waals surface area contributed by atoms with Crippen molar-refractivity contribution in [2.75, 3.05) is 26.1 Å². The van der Waals surface area contributed by atoms with E-state index in [4.69, 9.17) is 0 Å². The third-order valence-corrected chi connectivity index (χ3v) is 2.63. The van der Waals surface area contributed by atoms with Crippen molar-refractivity contribution in [1.29, 1.82) is 0 Å². The van der Waals surface area contributed by atoms with Crippen LogP contribution in [0.25, 0.3) is 0 Å². The highest BCUT2D eigenvalue weighted by Crippen LogP contribution is 2.13. The first kappa shape index (κ1) is 17.2. The molecule has 0 aliphatic rings. The van der Waals surface area contributed by atoms with Crippen molar-refractivity contribution < 1.29 is 23.9 Å². The summed E-state index contributed by atoms with van der Waals surface area (Å²) < 4.78 is 9.06. The molecular weight excluding hydrogens is 288 g/mol. The number of ether oxygens (including phenoxy) is 2. The second-order valence-corrected chi connectivity index (χ2v) is 4.13. The quantitative estimate of drug-likeness (QED) is 0.603. The molecule has 1 amide bonds. The van der Waals surface area contributed by atoms with Crippen LogP contribution >= 0.6 is 0 Å². The van der Waals surface area contributed by atoms with Crippen molar-refractivity contribution in [3.8, 4) is 0 Å². The molecular formula is C15H18N2O5. The predicted octanol–water partition coefficient (Wildman–Crippen LogP) is 1.08. The van der Waals surface area contributed by atoms with E-state index in [9.17, 15) is 14.4 Å². The van der Waals surface area contributed by atoms with Crippen LogP contribution in [0.1, 0.15) is 17.3 Å². The lowest BCUT2D eigenvalue weighted by molar-refractivity contribution is -0.138. The first-order valence-corrected chi connectivity index (χ1v) is 6.55. The average Bonchev–Trinajstić information content (AvgIpc) is 2.54. The van der Waals surface area contributed by atoms with E-state index in [1.54, 1.807) is 24.3 Å². The summed E-state index contributed by atoms with van der Waals surface area (Å²) in [5.74, 6) is -1.59. The van der Waals surface area contributed by atoms with Crippen molar-refractivity contribution in [2.24, 2.45) is 0 Å². The van der Waals surface area contributed by atoms with E-state index in [0.29, 0.717) is 17.8 Å². The number of hydrogen-bond acceptors (Lipinski definition) is 6. The van der Waals surface area contributed by atoms with Gasteiger partial charge in [0.05, 0.1) is 20.3 Å². The molecule has 0 fully saturated rings. The molecule has 1 aromatic rings. The molecule has 0 aliphatic heterocycles. The topological polar surface area (TPSA) is 93.7 Å². The molecule has 0 bridgehead atoms. The van der Waals surface area contributed by atoms with Crippen LogP contribution in [0.2, 0.25) is 0 Å². The number of esters is 2. The smallest absolute Gasteiger partial charge is 0.354 e. The molecule has 7 nitrogen and oxygen atoms in total. The van der Waals surface area contributed by atoms with Gasteiger partial charge in [-0.2, -0.15) is 0 Å². The third-order valence-electron chi connectivity index (χ3n) is 2.63. The van der Waals surface area contributed by atoms with Crippen molar-refractivity contribution in [3.63, 3.8) is 0 Å². The number of hydrogen-bond donors (Lipinski definition) is 2. The highest BCUT2D eigenvalue weighted by Gasteiger charge is 2.13. The van der Waals surface area contributed by atoms with Gasteiger partial charge < -0.3 is 20.1 Å². The van der Waals surface area contributed by atoms with Crippen LogP contribution in [0, 0.1) is 0 Å². The number of methoxy groups -OCH3 is 2. The largest absolute Gasteiger partial charge is 0.466 e. The molecule has 2 N–H and O–H groups in total. The van der Waals surface area contributed by atoms with E-state index >= 15 is 0 Å². The molecule has 0 aromatic heterocycles. The summed E-state index contributed by atoms with van der Waals surface area (Å²) in [6, 6.07) is 6.41. The van der Waals surface area contributed by atoms with Crippen LogP contribution in [-0.4, -0.2) is 38.6 Å². The second-order valence-electron chi connectivity index (χ2n) is 4.13. The monoisotopic (exact) mass is 306 g/mol. The number of carbonyl (C=O) groups is 3. The van der Waals surface area contributed by atoms with E-state index in [0.717, 1.165) is 6.08 Å². The van der Waals surface area contributed by atoms with Crippen molar-refractivity contribution in [3.05, 3.63) is 41.6 Å². The van der Waals surface area contributed by atoms with Gasteiger partial charge in [-0.25, -0.2) is 9.59 Å². The Labute approximate surface area is 128 Å². The SMILES string of the molecule is CCNC(=O)c1ccc(N/C(=C/C(=O)OC)C(=O)OC)cc1. The van der Waals surface area contributed by atoms with Gasteiger partial charge in [-0.1, -0.05) is 0 Å². The fourth-order valence-electron chi connectivity index (χ4n) is 1.56. The number of amides is 1. The Morgan fingerprint density at radius 1 is 1.09 bits per heavy atom. The molecule has 0 radical (unpaired) electrons. The lowest BCUT2D eigenvalue weighted by Crippen LogP contribution is -2.22. The zero-order valence-corrected chi connectivity index (χ0v) is 12.6. The Kier molecular flexibility index (Phi) is 6.62. The van der Waals surface area contributed by atoms with Crippen LogP contribution in [0.3, 0.4) is 0 Å². The Hall–Kier alpha value is -2.83. The molecule has 0 unspecified atom stereocenters. The normalized spacial score (nSPS) is 10.6. The van der Waals surface area contributed by atoms with Gasteiger partial charge in [-0.3, -0.25) is 4.79 Å². The second kappa shape index (κ2) is 8.46. The Morgan fingerprint density at radius 3 is 2.23 bits per heavy atom. The van der Waals surface area contributed by atoms with E-state index in [1.807, 2.05) is 6.92 Å². The summed E-state index contributed by atoms with van der Waals surface area (Å²) in [4.78, 5) is 34.5. The minimum absolute atomic E-state index is 0.0693. The molecule has 22 heavy (non-hydrogen) atoms. The highest BCUT2D eigenvalue weighted by molar-refractivity contribution is 5.99. The van der Waals surface area contributed by atoms with Gasteiger partial charge in [-0.15, -0.1) is 0 Å². The molecule has 0 heterocycles. The van der Waals surface area contributed by atoms with E-state index < -0.39 is 11.9 Å². The van der Waals surface area contributed by atoms with Gasteiger partial charge in [0.2, 0.25) is 0 Å². The summed E-state index contributed by atoms with van der Waals surface area (Å²) in [6.45, 7) is 2.36. The van der Waals surface area contributed by atoms with E-state index in [2.05, 4.69) is 20.1 Å². The number of anilines is 1. The van der Waals surface area contributed by atoms with Crippen LogP contribution in [-0.2, 0) is 19.1 Å². The predicted molar refractivity (Wildman–Crippen MR) is 80.2 cm³/mol. The maximum atomic E-state index is 11.6. The van der Waals surface area contributed by atoms with Crippen molar-refractivity contribution >= 4 is 23.5 Å². The zero-order valence-electron chi connectivity index (χ0n) is 12.6. The first-order valence-electron chi connectivity index (χ1n) is 6.55. The number of nitrogens with one attached hydrogen (secondary N) is 2. The van der Waals surface area contributed by atoms with Crippen LogP contribution in [0.4, 0.5) is 5.69 Å². The summed E-state index contributed by atoms with van der Waals surface area (Å²) in [5.41, 5.74) is 0.942. The van der Waals surface area contributed by atoms with Crippen LogP contribution in [0.5, 0.6) is 0 Å². The molecule has 0 saturated carbocycles. The maximum absolute atomic E-state index is 11.6. The Balaban J connectivity index is 2.90. The summed E-state index contributed by atoms with van der Waals surface area (Å²) in [6.07, 6.45) is 0.990. The first-order chi connectivity index (χ1) is 10.5. The molecule has 7 heteroatoms. The van der Waals surface area contributed by atoms with Crippen LogP contribution < -0.4 is 10.6 Å². The molecule has 1 rings (SSSR count). The summed E-state index contributed by atoms with van der Waals surface area (Å²) in [7, 11) is 2.40. The highest BCUT2D eigenvalue weighted by atomic mass is 16.5. The van der Waals surface area contributed by atoms with Crippen molar-refractivity contribution in [1.82, 2.24) is 5.32 Å². The minimum atomic E-state index is -0.710. The molecule has 0 atom stereocenters. The number of rotatable bonds is 6. The standard InChI is InChI=1S/C15H18N2O5/c1-4-16-14(19)10-5-7-11(8-6-10)17-12(15(20)22-3)9-13(18)21-2/h5-9,17H,4H2,1-3H3,(H,16,19)/b12-9+. The van der Waals surface area contributed by atoms with Gasteiger partial charge in [0.25, 0.3) is 5.91 Å². The van der Waals surface area contributed by atoms with Crippen molar-refractivity contribution in [2.45, 2.75) is 6.92 Å². The lowest BCUT2D eigenvalue weighted by atomic mass is 10.2. The Bertz CT molecular complexity index is 578. The van der Waals surface area contributed by atoms with Gasteiger partial charge in [0.15, 0.2) is 0 Å². The fraction of sp³-hybridized carbons (Fsp3) is 0.267. The average molecular weight is 306 g/mol. The summed E-state index contributed by atoms with van der Waals surface area (Å²) in [5, 5.41) is 5.42. The van der Waals surface area contributed by atoms with Crippen LogP contribution in [0.15, 0.2) is 36.0 Å². The maximum Gasteiger partial charge on any atom is 0.354 e. The number of carbonyl (C=O) groups excluding carboxylic acids is 3. The molecule has 0 spiro atoms. The summed E-state index contributed by atoms with van der Waals surface area (Å²) >= 11 is 0. The van der Waals surface area contributed by atoms with Gasteiger partial charge in [-0.05, 0) is 31.2 Å². The van der Waals surface area contributed by atoms with E-state index in [1.165, 1.54) is 14.2 Å². The minimum Gasteiger partial charge on any atom is -0.466 e. The van der Waals surface area contributed by atoms with Gasteiger partial charge in [0, 0.05) is 17.8 Å². The fourth-order valence-corrected chi connectivity index (χ4v) is 1.56. The zero-order chi connectivity index (χ0) is 16.5. The third kappa shape index (κ3) is 4.93. The van der Waals surface area contributed by atoms with E-state index in [-0.39, 0.29) is 11.6 Å². The lowest BCUT2D eigenvalue weighted by Gasteiger charge is -2.09. The molecule has 0 aliphatic carbocycles. The Morgan fingerprint density at radius 2 is 1.73 bits per heavy atom. The molecule has 1 aromatic carbocycles.